The van der Waals surface area contributed by atoms with Gasteiger partial charge in [-0.25, -0.2) is 0 Å². The molecule has 0 aromatic heterocycles. The molecule has 0 saturated carbocycles. The average Bonchev–Trinajstić information content (AvgIpc) is 2.67. The molecule has 2 saturated heterocycles. The van der Waals surface area contributed by atoms with Crippen LogP contribution in [0.25, 0.3) is 0 Å². The molecule has 1 aromatic carbocycles. The Balaban J connectivity index is 1.63. The molecule has 0 spiro atoms. The second-order valence-electron chi connectivity index (χ2n) is 7.84. The van der Waals surface area contributed by atoms with Crippen LogP contribution in [0.5, 0.6) is 5.75 Å². The van der Waals surface area contributed by atoms with Crippen molar-refractivity contribution < 1.29 is 22.7 Å². The summed E-state index contributed by atoms with van der Waals surface area (Å²) in [5.74, 6) is 0.750. The van der Waals surface area contributed by atoms with E-state index in [1.165, 1.54) is 0 Å². The maximum atomic E-state index is 13.0. The zero-order valence-electron chi connectivity index (χ0n) is 17.6. The molecule has 0 bridgehead atoms. The van der Waals surface area contributed by atoms with E-state index in [1.807, 2.05) is 26.0 Å². The van der Waals surface area contributed by atoms with Gasteiger partial charge in [0, 0.05) is 56.9 Å². The van der Waals surface area contributed by atoms with Crippen LogP contribution in [0.15, 0.2) is 18.2 Å². The van der Waals surface area contributed by atoms with E-state index in [9.17, 15) is 13.2 Å². The minimum atomic E-state index is -3.49. The van der Waals surface area contributed by atoms with Crippen LogP contribution in [-0.2, 0) is 21.5 Å². The lowest BCUT2D eigenvalue weighted by Gasteiger charge is -2.40. The summed E-state index contributed by atoms with van der Waals surface area (Å²) in [5.41, 5.74) is 1.59. The average molecular weight is 426 g/mol. The van der Waals surface area contributed by atoms with Crippen molar-refractivity contribution >= 4 is 16.0 Å². The number of benzene rings is 1. The first kappa shape index (κ1) is 22.2. The fourth-order valence-corrected chi connectivity index (χ4v) is 5.71. The van der Waals surface area contributed by atoms with E-state index in [0.717, 1.165) is 11.3 Å². The lowest BCUT2D eigenvalue weighted by Crippen LogP contribution is -2.57. The van der Waals surface area contributed by atoms with Gasteiger partial charge in [0.05, 0.1) is 19.3 Å². The van der Waals surface area contributed by atoms with E-state index < -0.39 is 10.2 Å². The molecular formula is C20H31N3O5S. The summed E-state index contributed by atoms with van der Waals surface area (Å²) < 4.78 is 40.3. The van der Waals surface area contributed by atoms with Gasteiger partial charge in [-0.1, -0.05) is 0 Å². The normalized spacial score (nSPS) is 25.1. The standard InChI is InChI=1S/C20H31N3O5S/c1-15-12-23(13-16(2)28-15)29(25,26)22-9-7-21(8-10-22)14-19-11-18(17(3)24)5-6-20(19)27-4/h5-6,11,15-16H,7-10,12-14H2,1-4H3. The van der Waals surface area contributed by atoms with Crippen molar-refractivity contribution in [3.8, 4) is 5.75 Å². The Morgan fingerprint density at radius 2 is 1.72 bits per heavy atom. The van der Waals surface area contributed by atoms with Gasteiger partial charge >= 0.3 is 0 Å². The van der Waals surface area contributed by atoms with Gasteiger partial charge in [0.1, 0.15) is 5.75 Å². The van der Waals surface area contributed by atoms with Gasteiger partial charge in [0.2, 0.25) is 0 Å². The molecule has 0 amide bonds. The third kappa shape index (κ3) is 5.16. The van der Waals surface area contributed by atoms with Crippen molar-refractivity contribution in [3.63, 3.8) is 0 Å². The van der Waals surface area contributed by atoms with Gasteiger partial charge in [-0.3, -0.25) is 9.69 Å². The zero-order valence-corrected chi connectivity index (χ0v) is 18.4. The van der Waals surface area contributed by atoms with Crippen molar-refractivity contribution in [2.24, 2.45) is 0 Å². The lowest BCUT2D eigenvalue weighted by molar-refractivity contribution is -0.0457. The first-order chi connectivity index (χ1) is 13.7. The molecule has 9 heteroatoms. The number of carbonyl (C=O) groups is 1. The number of hydrogen-bond acceptors (Lipinski definition) is 6. The van der Waals surface area contributed by atoms with Crippen LogP contribution in [0.2, 0.25) is 0 Å². The summed E-state index contributed by atoms with van der Waals surface area (Å²) >= 11 is 0. The summed E-state index contributed by atoms with van der Waals surface area (Å²) in [6.07, 6.45) is -0.202. The van der Waals surface area contributed by atoms with Crippen molar-refractivity contribution in [2.45, 2.75) is 39.5 Å². The quantitative estimate of drug-likeness (QED) is 0.641. The highest BCUT2D eigenvalue weighted by atomic mass is 32.2. The second-order valence-corrected chi connectivity index (χ2v) is 9.77. The zero-order chi connectivity index (χ0) is 21.2. The molecule has 2 heterocycles. The van der Waals surface area contributed by atoms with E-state index >= 15 is 0 Å². The minimum absolute atomic E-state index is 0.0128. The maximum Gasteiger partial charge on any atom is 0.282 e. The Morgan fingerprint density at radius 3 is 2.28 bits per heavy atom. The van der Waals surface area contributed by atoms with Crippen LogP contribution in [0.3, 0.4) is 0 Å². The smallest absolute Gasteiger partial charge is 0.282 e. The SMILES string of the molecule is COc1ccc(C(C)=O)cc1CN1CCN(S(=O)(=O)N2CC(C)OC(C)C2)CC1. The van der Waals surface area contributed by atoms with Crippen molar-refractivity contribution in [1.82, 2.24) is 13.5 Å². The van der Waals surface area contributed by atoms with Crippen LogP contribution in [0, 0.1) is 0 Å². The third-order valence-electron chi connectivity index (χ3n) is 5.45. The summed E-state index contributed by atoms with van der Waals surface area (Å²) in [4.78, 5) is 13.9. The topological polar surface area (TPSA) is 79.4 Å². The Bertz CT molecular complexity index is 827. The van der Waals surface area contributed by atoms with Crippen LogP contribution < -0.4 is 4.74 Å². The van der Waals surface area contributed by atoms with E-state index in [-0.39, 0.29) is 18.0 Å². The van der Waals surface area contributed by atoms with Gasteiger partial charge in [-0.05, 0) is 39.0 Å². The van der Waals surface area contributed by atoms with Gasteiger partial charge in [0.15, 0.2) is 5.78 Å². The van der Waals surface area contributed by atoms with Crippen LogP contribution >= 0.6 is 0 Å². The van der Waals surface area contributed by atoms with Crippen molar-refractivity contribution in [2.75, 3.05) is 46.4 Å². The summed E-state index contributed by atoms with van der Waals surface area (Å²) in [5, 5.41) is 0. The van der Waals surface area contributed by atoms with Gasteiger partial charge in [-0.2, -0.15) is 17.0 Å². The number of nitrogens with zero attached hydrogens (tertiary/aromatic N) is 3. The molecular weight excluding hydrogens is 394 g/mol. The molecule has 3 rings (SSSR count). The molecule has 0 radical (unpaired) electrons. The summed E-state index contributed by atoms with van der Waals surface area (Å²) in [6, 6.07) is 5.44. The predicted octanol–water partition coefficient (Wildman–Crippen LogP) is 1.37. The largest absolute Gasteiger partial charge is 0.496 e. The Morgan fingerprint density at radius 1 is 1.10 bits per heavy atom. The highest BCUT2D eigenvalue weighted by Gasteiger charge is 2.36. The van der Waals surface area contributed by atoms with Crippen molar-refractivity contribution in [1.29, 1.82) is 0 Å². The summed E-state index contributed by atoms with van der Waals surface area (Å²) in [6.45, 7) is 8.88. The fourth-order valence-electron chi connectivity index (χ4n) is 3.96. The highest BCUT2D eigenvalue weighted by Crippen LogP contribution is 2.24. The number of ketones is 1. The number of piperazine rings is 1. The molecule has 2 fully saturated rings. The number of ether oxygens (including phenoxy) is 2. The molecule has 2 unspecified atom stereocenters. The molecule has 29 heavy (non-hydrogen) atoms. The maximum absolute atomic E-state index is 13.0. The molecule has 2 aliphatic heterocycles. The number of Topliss-reactive ketones (excluding diaryl/α,β-unsaturated/α-hetero) is 1. The molecule has 162 valence electrons. The van der Waals surface area contributed by atoms with Crippen LogP contribution in [-0.4, -0.2) is 86.3 Å². The van der Waals surface area contributed by atoms with Crippen LogP contribution in [0.4, 0.5) is 0 Å². The van der Waals surface area contributed by atoms with E-state index in [1.54, 1.807) is 28.7 Å². The molecule has 8 nitrogen and oxygen atoms in total. The number of carbonyl (C=O) groups excluding carboxylic acids is 1. The Hall–Kier alpha value is -1.52. The van der Waals surface area contributed by atoms with Crippen molar-refractivity contribution in [3.05, 3.63) is 29.3 Å². The minimum Gasteiger partial charge on any atom is -0.496 e. The van der Waals surface area contributed by atoms with Crippen LogP contribution in [0.1, 0.15) is 36.7 Å². The fraction of sp³-hybridized carbons (Fsp3) is 0.650. The Kier molecular flexibility index (Phi) is 6.95. The van der Waals surface area contributed by atoms with E-state index in [4.69, 9.17) is 9.47 Å². The monoisotopic (exact) mass is 425 g/mol. The second kappa shape index (κ2) is 9.09. The molecule has 1 aromatic rings. The molecule has 0 aliphatic carbocycles. The first-order valence-corrected chi connectivity index (χ1v) is 11.4. The summed E-state index contributed by atoms with van der Waals surface area (Å²) in [7, 11) is -1.88. The van der Waals surface area contributed by atoms with Gasteiger partial charge in [-0.15, -0.1) is 0 Å². The molecule has 2 atom stereocenters. The molecule has 0 N–H and O–H groups in total. The number of morpholine rings is 1. The number of methoxy groups -OCH3 is 1. The number of hydrogen-bond donors (Lipinski definition) is 0. The number of rotatable bonds is 6. The van der Waals surface area contributed by atoms with Gasteiger partial charge in [0.25, 0.3) is 10.2 Å². The predicted molar refractivity (Wildman–Crippen MR) is 110 cm³/mol. The van der Waals surface area contributed by atoms with E-state index in [2.05, 4.69) is 4.90 Å². The van der Waals surface area contributed by atoms with Gasteiger partial charge < -0.3 is 9.47 Å². The third-order valence-corrected chi connectivity index (χ3v) is 7.42. The first-order valence-electron chi connectivity index (χ1n) is 10.0. The lowest BCUT2D eigenvalue weighted by atomic mass is 10.1. The highest BCUT2D eigenvalue weighted by molar-refractivity contribution is 7.86. The van der Waals surface area contributed by atoms with E-state index in [0.29, 0.717) is 51.4 Å². The Labute approximate surface area is 173 Å². The molecule has 2 aliphatic rings.